The molecule has 1 rings (SSSR count). The Balaban J connectivity index is 3.34. The van der Waals surface area contributed by atoms with Crippen LogP contribution >= 0.6 is 0 Å². The molecule has 1 aromatic heterocycles. The summed E-state index contributed by atoms with van der Waals surface area (Å²) in [7, 11) is 0. The molecule has 0 fully saturated rings. The molecule has 0 saturated carbocycles. The summed E-state index contributed by atoms with van der Waals surface area (Å²) in [5.74, 6) is 2.16. The van der Waals surface area contributed by atoms with E-state index in [-0.39, 0.29) is 5.41 Å². The first-order valence-electron chi connectivity index (χ1n) is 5.87. The van der Waals surface area contributed by atoms with Crippen molar-refractivity contribution in [1.29, 1.82) is 0 Å². The Morgan fingerprint density at radius 1 is 1.00 bits per heavy atom. The maximum atomic E-state index is 5.75. The van der Waals surface area contributed by atoms with E-state index in [2.05, 4.69) is 48.5 Å². The highest BCUT2D eigenvalue weighted by Gasteiger charge is 2.27. The van der Waals surface area contributed by atoms with E-state index in [4.69, 9.17) is 4.42 Å². The zero-order valence-corrected chi connectivity index (χ0v) is 11.1. The monoisotopic (exact) mass is 208 g/mol. The molecule has 86 valence electrons. The quantitative estimate of drug-likeness (QED) is 0.679. The Bertz CT molecular complexity index is 298. The van der Waals surface area contributed by atoms with Crippen molar-refractivity contribution >= 4 is 0 Å². The van der Waals surface area contributed by atoms with Crippen LogP contribution in [0.5, 0.6) is 0 Å². The second-order valence-corrected chi connectivity index (χ2v) is 5.99. The van der Waals surface area contributed by atoms with E-state index >= 15 is 0 Å². The minimum atomic E-state index is 0.173. The first-order valence-corrected chi connectivity index (χ1v) is 5.87. The summed E-state index contributed by atoms with van der Waals surface area (Å²) in [5.41, 5.74) is 2.95. The maximum Gasteiger partial charge on any atom is 0.110 e. The van der Waals surface area contributed by atoms with Gasteiger partial charge in [0.1, 0.15) is 5.76 Å². The van der Waals surface area contributed by atoms with E-state index in [9.17, 15) is 0 Å². The molecular formula is C14H24O. The second-order valence-electron chi connectivity index (χ2n) is 5.99. The van der Waals surface area contributed by atoms with E-state index < -0.39 is 0 Å². The lowest BCUT2D eigenvalue weighted by atomic mass is 9.80. The smallest absolute Gasteiger partial charge is 0.110 e. The average molecular weight is 208 g/mol. The number of hydrogen-bond acceptors (Lipinski definition) is 1. The molecular weight excluding hydrogens is 184 g/mol. The van der Waals surface area contributed by atoms with E-state index in [1.807, 2.05) is 6.26 Å². The van der Waals surface area contributed by atoms with Gasteiger partial charge in [0.25, 0.3) is 0 Å². The summed E-state index contributed by atoms with van der Waals surface area (Å²) in [4.78, 5) is 0. The Morgan fingerprint density at radius 3 is 1.87 bits per heavy atom. The molecule has 0 N–H and O–H groups in total. The molecule has 0 aliphatic rings. The van der Waals surface area contributed by atoms with Crippen molar-refractivity contribution in [3.8, 4) is 0 Å². The van der Waals surface area contributed by atoms with E-state index in [0.717, 1.165) is 5.76 Å². The van der Waals surface area contributed by atoms with Crippen LogP contribution in [0.2, 0.25) is 0 Å². The molecule has 0 atom stereocenters. The predicted molar refractivity (Wildman–Crippen MR) is 65.6 cm³/mol. The molecule has 0 radical (unpaired) electrons. The van der Waals surface area contributed by atoms with Crippen LogP contribution in [-0.2, 0) is 5.41 Å². The largest absolute Gasteiger partial charge is 0.468 e. The lowest BCUT2D eigenvalue weighted by molar-refractivity contribution is 0.463. The summed E-state index contributed by atoms with van der Waals surface area (Å²) >= 11 is 0. The van der Waals surface area contributed by atoms with Gasteiger partial charge in [-0.3, -0.25) is 0 Å². The van der Waals surface area contributed by atoms with Crippen molar-refractivity contribution in [3.63, 3.8) is 0 Å². The van der Waals surface area contributed by atoms with Gasteiger partial charge in [-0.2, -0.15) is 0 Å². The van der Waals surface area contributed by atoms with Crippen molar-refractivity contribution < 1.29 is 4.42 Å². The van der Waals surface area contributed by atoms with Crippen LogP contribution in [0.1, 0.15) is 77.2 Å². The van der Waals surface area contributed by atoms with Crippen LogP contribution < -0.4 is 0 Å². The normalized spacial score (nSPS) is 12.9. The highest BCUT2D eigenvalue weighted by molar-refractivity contribution is 5.37. The average Bonchev–Trinajstić information content (AvgIpc) is 2.45. The van der Waals surface area contributed by atoms with E-state index in [0.29, 0.717) is 11.8 Å². The molecule has 15 heavy (non-hydrogen) atoms. The summed E-state index contributed by atoms with van der Waals surface area (Å²) in [6.07, 6.45) is 1.95. The van der Waals surface area contributed by atoms with Crippen LogP contribution in [0, 0.1) is 0 Å². The van der Waals surface area contributed by atoms with Crippen LogP contribution in [0.3, 0.4) is 0 Å². The fourth-order valence-electron chi connectivity index (χ4n) is 2.04. The van der Waals surface area contributed by atoms with Gasteiger partial charge in [-0.25, -0.2) is 0 Å². The molecule has 0 aliphatic carbocycles. The van der Waals surface area contributed by atoms with Crippen LogP contribution in [0.25, 0.3) is 0 Å². The molecule has 0 spiro atoms. The van der Waals surface area contributed by atoms with Crippen LogP contribution in [0.15, 0.2) is 10.7 Å². The van der Waals surface area contributed by atoms with Crippen molar-refractivity contribution in [3.05, 3.63) is 23.2 Å². The minimum absolute atomic E-state index is 0.173. The van der Waals surface area contributed by atoms with Gasteiger partial charge in [-0.05, 0) is 16.9 Å². The summed E-state index contributed by atoms with van der Waals surface area (Å²) < 4.78 is 5.75. The standard InChI is InChI=1S/C14H24O/c1-9(2)11-8-15-13(10(3)4)12(11)14(5,6)7/h8-10H,1-7H3. The molecule has 0 unspecified atom stereocenters. The Morgan fingerprint density at radius 2 is 1.53 bits per heavy atom. The Kier molecular flexibility index (Phi) is 3.32. The molecule has 0 aromatic carbocycles. The lowest BCUT2D eigenvalue weighted by Gasteiger charge is -2.23. The minimum Gasteiger partial charge on any atom is -0.468 e. The van der Waals surface area contributed by atoms with Gasteiger partial charge in [0.2, 0.25) is 0 Å². The third-order valence-corrected chi connectivity index (χ3v) is 2.74. The summed E-state index contributed by atoms with van der Waals surface area (Å²) in [5, 5.41) is 0. The van der Waals surface area contributed by atoms with Crippen molar-refractivity contribution in [1.82, 2.24) is 0 Å². The van der Waals surface area contributed by atoms with Crippen molar-refractivity contribution in [2.24, 2.45) is 0 Å². The SMILES string of the molecule is CC(C)c1coc(C(C)C)c1C(C)(C)C. The van der Waals surface area contributed by atoms with Gasteiger partial charge >= 0.3 is 0 Å². The van der Waals surface area contributed by atoms with E-state index in [1.165, 1.54) is 11.1 Å². The Hall–Kier alpha value is -0.720. The van der Waals surface area contributed by atoms with Crippen molar-refractivity contribution in [2.75, 3.05) is 0 Å². The second kappa shape index (κ2) is 4.03. The fraction of sp³-hybridized carbons (Fsp3) is 0.714. The number of hydrogen-bond donors (Lipinski definition) is 0. The van der Waals surface area contributed by atoms with Crippen molar-refractivity contribution in [2.45, 2.75) is 65.7 Å². The van der Waals surface area contributed by atoms with Gasteiger partial charge in [-0.15, -0.1) is 0 Å². The molecule has 0 saturated heterocycles. The zero-order chi connectivity index (χ0) is 11.8. The number of rotatable bonds is 2. The van der Waals surface area contributed by atoms with Gasteiger partial charge in [0.05, 0.1) is 6.26 Å². The summed E-state index contributed by atoms with van der Waals surface area (Å²) in [6, 6.07) is 0. The first kappa shape index (κ1) is 12.4. The molecule has 0 aliphatic heterocycles. The summed E-state index contributed by atoms with van der Waals surface area (Å²) in [6.45, 7) is 15.6. The third kappa shape index (κ3) is 2.45. The predicted octanol–water partition coefficient (Wildman–Crippen LogP) is 4.82. The Labute approximate surface area is 93.9 Å². The highest BCUT2D eigenvalue weighted by Crippen LogP contribution is 2.37. The molecule has 1 heterocycles. The van der Waals surface area contributed by atoms with Crippen LogP contribution in [0.4, 0.5) is 0 Å². The fourth-order valence-corrected chi connectivity index (χ4v) is 2.04. The topological polar surface area (TPSA) is 13.1 Å². The molecule has 1 heteroatoms. The maximum absolute atomic E-state index is 5.75. The van der Waals surface area contributed by atoms with Gasteiger partial charge < -0.3 is 4.42 Å². The zero-order valence-electron chi connectivity index (χ0n) is 11.1. The molecule has 0 bridgehead atoms. The number of furan rings is 1. The molecule has 1 aromatic rings. The van der Waals surface area contributed by atoms with Gasteiger partial charge in [0, 0.05) is 11.5 Å². The first-order chi connectivity index (χ1) is 6.75. The molecule has 1 nitrogen and oxygen atoms in total. The lowest BCUT2D eigenvalue weighted by Crippen LogP contribution is -2.16. The van der Waals surface area contributed by atoms with Gasteiger partial charge in [0.15, 0.2) is 0 Å². The third-order valence-electron chi connectivity index (χ3n) is 2.74. The van der Waals surface area contributed by atoms with E-state index in [1.54, 1.807) is 0 Å². The van der Waals surface area contributed by atoms with Gasteiger partial charge in [-0.1, -0.05) is 48.5 Å². The van der Waals surface area contributed by atoms with Crippen LogP contribution in [-0.4, -0.2) is 0 Å². The highest BCUT2D eigenvalue weighted by atomic mass is 16.3. The molecule has 0 amide bonds.